The number of nitrogens with one attached hydrogen (secondary N) is 1. The van der Waals surface area contributed by atoms with Crippen LogP contribution in [0.4, 0.5) is 5.69 Å². The van der Waals surface area contributed by atoms with Gasteiger partial charge in [-0.15, -0.1) is 0 Å². The zero-order valence-electron chi connectivity index (χ0n) is 16.7. The van der Waals surface area contributed by atoms with Gasteiger partial charge >= 0.3 is 6.01 Å². The molecule has 0 saturated heterocycles. The van der Waals surface area contributed by atoms with E-state index >= 15 is 0 Å². The third-order valence-electron chi connectivity index (χ3n) is 5.27. The molecule has 1 saturated carbocycles. The first-order valence-electron chi connectivity index (χ1n) is 10.1. The van der Waals surface area contributed by atoms with Crippen molar-refractivity contribution in [3.8, 4) is 23.0 Å². The zero-order valence-corrected chi connectivity index (χ0v) is 16.7. The molecule has 1 N–H and O–H groups in total. The highest BCUT2D eigenvalue weighted by atomic mass is 16.5. The molecular weight excluding hydrogens is 376 g/mol. The van der Waals surface area contributed by atoms with Crippen molar-refractivity contribution < 1.29 is 9.53 Å². The van der Waals surface area contributed by atoms with Gasteiger partial charge in [-0.3, -0.25) is 4.79 Å². The van der Waals surface area contributed by atoms with Crippen LogP contribution in [0, 0.1) is 5.92 Å². The summed E-state index contributed by atoms with van der Waals surface area (Å²) in [6.45, 7) is 2.50. The van der Waals surface area contributed by atoms with Gasteiger partial charge in [-0.2, -0.15) is 0 Å². The standard InChI is InChI=1S/C24H22N4O2/c1-16(29)27-20-8-5-18(6-9-20)22-13-19-7-10-21(30-24-25-11-2-12-26-24)14-23(19)28(22)15-17-3-4-17/h2,5-14,17H,3-4,15H2,1H3,(H,27,29). The predicted molar refractivity (Wildman–Crippen MR) is 117 cm³/mol. The van der Waals surface area contributed by atoms with Crippen molar-refractivity contribution in [2.75, 3.05) is 5.32 Å². The highest BCUT2D eigenvalue weighted by Gasteiger charge is 2.24. The van der Waals surface area contributed by atoms with Gasteiger partial charge in [0.2, 0.25) is 5.91 Å². The Labute approximate surface area is 174 Å². The zero-order chi connectivity index (χ0) is 20.5. The predicted octanol–water partition coefficient (Wildman–Crippen LogP) is 5.26. The third kappa shape index (κ3) is 3.89. The second-order valence-electron chi connectivity index (χ2n) is 7.70. The van der Waals surface area contributed by atoms with Crippen molar-refractivity contribution in [3.05, 3.63) is 67.0 Å². The molecule has 4 aromatic rings. The van der Waals surface area contributed by atoms with E-state index < -0.39 is 0 Å². The normalized spacial score (nSPS) is 13.4. The highest BCUT2D eigenvalue weighted by Crippen LogP contribution is 2.37. The molecule has 5 rings (SSSR count). The Hall–Kier alpha value is -3.67. The molecule has 0 aliphatic heterocycles. The summed E-state index contributed by atoms with van der Waals surface area (Å²) >= 11 is 0. The lowest BCUT2D eigenvalue weighted by Crippen LogP contribution is -2.05. The van der Waals surface area contributed by atoms with Crippen LogP contribution < -0.4 is 10.1 Å². The number of carbonyl (C=O) groups is 1. The van der Waals surface area contributed by atoms with Crippen LogP contribution in [0.2, 0.25) is 0 Å². The Bertz CT molecular complexity index is 1200. The maximum absolute atomic E-state index is 11.3. The minimum atomic E-state index is -0.0690. The van der Waals surface area contributed by atoms with E-state index in [1.165, 1.54) is 25.5 Å². The number of rotatable bonds is 6. The molecule has 0 unspecified atom stereocenters. The number of carbonyl (C=O) groups excluding carboxylic acids is 1. The molecule has 0 atom stereocenters. The number of amides is 1. The Morgan fingerprint density at radius 2 is 1.87 bits per heavy atom. The minimum Gasteiger partial charge on any atom is -0.424 e. The van der Waals surface area contributed by atoms with Crippen molar-refractivity contribution in [3.63, 3.8) is 0 Å². The first-order valence-corrected chi connectivity index (χ1v) is 10.1. The van der Waals surface area contributed by atoms with Gasteiger partial charge in [0.1, 0.15) is 5.75 Å². The van der Waals surface area contributed by atoms with E-state index in [0.29, 0.717) is 6.01 Å². The Morgan fingerprint density at radius 1 is 1.10 bits per heavy atom. The Balaban J connectivity index is 1.53. The number of anilines is 1. The number of ether oxygens (including phenoxy) is 1. The fourth-order valence-corrected chi connectivity index (χ4v) is 3.66. The monoisotopic (exact) mass is 398 g/mol. The maximum atomic E-state index is 11.3. The largest absolute Gasteiger partial charge is 0.424 e. The van der Waals surface area contributed by atoms with Crippen LogP contribution >= 0.6 is 0 Å². The molecule has 0 bridgehead atoms. The molecule has 6 nitrogen and oxygen atoms in total. The topological polar surface area (TPSA) is 69.0 Å². The van der Waals surface area contributed by atoms with Crippen molar-refractivity contribution in [2.45, 2.75) is 26.3 Å². The molecule has 0 radical (unpaired) electrons. The lowest BCUT2D eigenvalue weighted by Gasteiger charge is -2.12. The first kappa shape index (κ1) is 18.4. The van der Waals surface area contributed by atoms with Crippen LogP contribution in [0.1, 0.15) is 19.8 Å². The molecule has 6 heteroatoms. The molecule has 0 spiro atoms. The van der Waals surface area contributed by atoms with Gasteiger partial charge in [0.05, 0.1) is 5.52 Å². The van der Waals surface area contributed by atoms with E-state index in [0.717, 1.165) is 40.4 Å². The van der Waals surface area contributed by atoms with Crippen molar-refractivity contribution >= 4 is 22.5 Å². The average molecular weight is 398 g/mol. The summed E-state index contributed by atoms with van der Waals surface area (Å²) in [5, 5.41) is 3.99. The Kier molecular flexibility index (Phi) is 4.67. The molecule has 2 aromatic carbocycles. The van der Waals surface area contributed by atoms with Crippen LogP contribution in [-0.2, 0) is 11.3 Å². The number of nitrogens with zero attached hydrogens (tertiary/aromatic N) is 3. The molecule has 2 aromatic heterocycles. The fraction of sp³-hybridized carbons (Fsp3) is 0.208. The van der Waals surface area contributed by atoms with Gasteiger partial charge in [0.25, 0.3) is 0 Å². The Morgan fingerprint density at radius 3 is 2.57 bits per heavy atom. The SMILES string of the molecule is CC(=O)Nc1ccc(-c2cc3ccc(Oc4ncccn4)cc3n2CC2CC2)cc1. The van der Waals surface area contributed by atoms with Crippen LogP contribution in [0.15, 0.2) is 67.0 Å². The van der Waals surface area contributed by atoms with Gasteiger partial charge in [0.15, 0.2) is 0 Å². The quantitative estimate of drug-likeness (QED) is 0.481. The van der Waals surface area contributed by atoms with E-state index in [-0.39, 0.29) is 5.91 Å². The van der Waals surface area contributed by atoms with Gasteiger partial charge in [-0.25, -0.2) is 9.97 Å². The third-order valence-corrected chi connectivity index (χ3v) is 5.27. The van der Waals surface area contributed by atoms with Crippen LogP contribution in [0.3, 0.4) is 0 Å². The molecule has 1 aliphatic carbocycles. The molecule has 150 valence electrons. The summed E-state index contributed by atoms with van der Waals surface area (Å²) in [5.74, 6) is 1.37. The van der Waals surface area contributed by atoms with E-state index in [1.807, 2.05) is 18.2 Å². The van der Waals surface area contributed by atoms with Gasteiger partial charge < -0.3 is 14.6 Å². The number of hydrogen-bond donors (Lipinski definition) is 1. The van der Waals surface area contributed by atoms with Crippen LogP contribution in [-0.4, -0.2) is 20.4 Å². The van der Waals surface area contributed by atoms with E-state index in [2.05, 4.69) is 50.2 Å². The van der Waals surface area contributed by atoms with Gasteiger partial charge in [-0.05, 0) is 60.7 Å². The lowest BCUT2D eigenvalue weighted by molar-refractivity contribution is -0.114. The smallest absolute Gasteiger partial charge is 0.321 e. The number of benzene rings is 2. The summed E-state index contributed by atoms with van der Waals surface area (Å²) in [5.41, 5.74) is 4.22. The fourth-order valence-electron chi connectivity index (χ4n) is 3.66. The van der Waals surface area contributed by atoms with Crippen molar-refractivity contribution in [1.82, 2.24) is 14.5 Å². The molecule has 30 heavy (non-hydrogen) atoms. The summed E-state index contributed by atoms with van der Waals surface area (Å²) in [4.78, 5) is 19.6. The van der Waals surface area contributed by atoms with E-state index in [1.54, 1.807) is 18.5 Å². The second-order valence-corrected chi connectivity index (χ2v) is 7.70. The van der Waals surface area contributed by atoms with Gasteiger partial charge in [0, 0.05) is 48.7 Å². The van der Waals surface area contributed by atoms with Gasteiger partial charge in [-0.1, -0.05) is 12.1 Å². The number of aromatic nitrogens is 3. The summed E-state index contributed by atoms with van der Waals surface area (Å²) < 4.78 is 8.23. The average Bonchev–Trinajstić information content (AvgIpc) is 3.50. The highest BCUT2D eigenvalue weighted by molar-refractivity contribution is 5.90. The first-order chi connectivity index (χ1) is 14.7. The minimum absolute atomic E-state index is 0.0690. The molecule has 1 fully saturated rings. The van der Waals surface area contributed by atoms with E-state index in [9.17, 15) is 4.79 Å². The van der Waals surface area contributed by atoms with E-state index in [4.69, 9.17) is 4.74 Å². The molecule has 2 heterocycles. The van der Waals surface area contributed by atoms with Crippen LogP contribution in [0.5, 0.6) is 11.8 Å². The lowest BCUT2D eigenvalue weighted by atomic mass is 10.1. The number of fused-ring (bicyclic) bond motifs is 1. The maximum Gasteiger partial charge on any atom is 0.321 e. The van der Waals surface area contributed by atoms with Crippen molar-refractivity contribution in [1.29, 1.82) is 0 Å². The molecule has 1 amide bonds. The second kappa shape index (κ2) is 7.63. The summed E-state index contributed by atoms with van der Waals surface area (Å²) in [6.07, 6.45) is 5.88. The summed E-state index contributed by atoms with van der Waals surface area (Å²) in [6, 6.07) is 18.4. The van der Waals surface area contributed by atoms with Crippen LogP contribution in [0.25, 0.3) is 22.2 Å². The summed E-state index contributed by atoms with van der Waals surface area (Å²) in [7, 11) is 0. The molecule has 1 aliphatic rings. The molecular formula is C24H22N4O2. The van der Waals surface area contributed by atoms with Crippen molar-refractivity contribution in [2.24, 2.45) is 5.92 Å². The number of hydrogen-bond acceptors (Lipinski definition) is 4.